The van der Waals surface area contributed by atoms with Gasteiger partial charge in [0.1, 0.15) is 5.75 Å². The van der Waals surface area contributed by atoms with E-state index in [2.05, 4.69) is 95.7 Å². The summed E-state index contributed by atoms with van der Waals surface area (Å²) in [6.45, 7) is 16.2. The molecule has 5 saturated heterocycles. The second kappa shape index (κ2) is 45.0. The predicted molar refractivity (Wildman–Crippen MR) is 447 cm³/mol. The molecule has 16 unspecified atom stereocenters. The molecule has 34 heteroatoms. The number of amides is 14. The molecule has 3 saturated carbocycles. The lowest BCUT2D eigenvalue weighted by Gasteiger charge is -2.28. The highest BCUT2D eigenvalue weighted by Gasteiger charge is 2.46. The third-order valence-electron chi connectivity index (χ3n) is 25.2. The van der Waals surface area contributed by atoms with Gasteiger partial charge in [-0.2, -0.15) is 0 Å². The Balaban J connectivity index is 0.695. The van der Waals surface area contributed by atoms with Crippen molar-refractivity contribution in [1.82, 2.24) is 95.7 Å². The molecule has 10 rings (SSSR count). The Morgan fingerprint density at radius 3 is 1.14 bits per heavy atom. The van der Waals surface area contributed by atoms with Gasteiger partial charge in [-0.25, -0.2) is 0 Å². The van der Waals surface area contributed by atoms with E-state index in [9.17, 15) is 72.2 Å². The summed E-state index contributed by atoms with van der Waals surface area (Å²) in [5.41, 5.74) is 7.13. The third-order valence-corrected chi connectivity index (χ3v) is 25.2. The normalized spacial score (nSPS) is 27.6. The molecular formula is C86H133N19O15. The van der Waals surface area contributed by atoms with E-state index in [4.69, 9.17) is 5.73 Å². The molecule has 21 atom stereocenters. The highest BCUT2D eigenvalue weighted by atomic mass is 16.3. The van der Waals surface area contributed by atoms with Gasteiger partial charge in [0.15, 0.2) is 0 Å². The zero-order valence-corrected chi connectivity index (χ0v) is 70.8. The van der Waals surface area contributed by atoms with Gasteiger partial charge < -0.3 is 107 Å². The molecule has 5 aliphatic heterocycles. The van der Waals surface area contributed by atoms with Gasteiger partial charge in [0, 0.05) is 141 Å². The molecule has 2 aromatic carbocycles. The fraction of sp³-hybridized carbons (Fsp3) is 0.698. The van der Waals surface area contributed by atoms with Crippen molar-refractivity contribution in [3.8, 4) is 5.75 Å². The largest absolute Gasteiger partial charge is 0.508 e. The summed E-state index contributed by atoms with van der Waals surface area (Å²) in [4.78, 5) is 193. The van der Waals surface area contributed by atoms with Gasteiger partial charge in [-0.3, -0.25) is 67.1 Å². The SMILES string of the molecule is CC(=O)NC1CCCC1C(=O)N[C@H](CC(=O)NC1CCCC1C(=O)NC[C@H](CC(C)C)C(=O)NC1CNCC1C(=O)NC1CNCC1C(=O)N[C@H](CC(=O)NC1CCCC1C(=O)NC[C@H](Cc1ccc(O)cc1)C(=O)NC1CNCC1C(=O)NC1CNCC1C(=O)N[C@H](CC(=O)NC1CNCC1C(N)=O)CC(C)C)Cc1ccccc1)CC(C)C. The third kappa shape index (κ3) is 27.3. The van der Waals surface area contributed by atoms with Crippen LogP contribution in [0.1, 0.15) is 156 Å². The van der Waals surface area contributed by atoms with E-state index >= 15 is 0 Å². The molecule has 0 aromatic heterocycles. The van der Waals surface area contributed by atoms with E-state index in [-0.39, 0.29) is 185 Å². The van der Waals surface area contributed by atoms with Crippen molar-refractivity contribution in [1.29, 1.82) is 0 Å². The highest BCUT2D eigenvalue weighted by Crippen LogP contribution is 2.31. The van der Waals surface area contributed by atoms with E-state index in [1.807, 2.05) is 71.9 Å². The predicted octanol–water partition coefficient (Wildman–Crippen LogP) is -1.71. The lowest BCUT2D eigenvalue weighted by atomic mass is 9.93. The number of phenols is 1. The Morgan fingerprint density at radius 2 is 0.708 bits per heavy atom. The average molecular weight is 1670 g/mol. The molecule has 21 N–H and O–H groups in total. The van der Waals surface area contributed by atoms with Gasteiger partial charge in [-0.05, 0) is 112 Å². The number of aromatic hydroxyl groups is 1. The first-order valence-electron chi connectivity index (χ1n) is 43.9. The van der Waals surface area contributed by atoms with Crippen LogP contribution in [0.4, 0.5) is 0 Å². The van der Waals surface area contributed by atoms with Gasteiger partial charge in [0.2, 0.25) is 82.7 Å². The van der Waals surface area contributed by atoms with Crippen LogP contribution >= 0.6 is 0 Å². The smallest absolute Gasteiger partial charge is 0.226 e. The first kappa shape index (κ1) is 92.9. The Labute approximate surface area is 704 Å². The molecular weight excluding hydrogens is 1540 g/mol. The summed E-state index contributed by atoms with van der Waals surface area (Å²) in [6, 6.07) is 9.78. The fourth-order valence-electron chi connectivity index (χ4n) is 19.1. The number of carbonyl (C=O) groups is 14. The number of benzene rings is 2. The molecule has 8 aliphatic rings. The molecule has 0 spiro atoms. The minimum absolute atomic E-state index is 0.0236. The molecule has 120 heavy (non-hydrogen) atoms. The second-order valence-electron chi connectivity index (χ2n) is 36.2. The minimum atomic E-state index is -0.857. The summed E-state index contributed by atoms with van der Waals surface area (Å²) >= 11 is 0. The molecule has 2 aromatic rings. The van der Waals surface area contributed by atoms with Crippen LogP contribution in [0.25, 0.3) is 0 Å². The summed E-state index contributed by atoms with van der Waals surface area (Å²) in [6.07, 6.45) is 7.36. The first-order chi connectivity index (χ1) is 57.4. The van der Waals surface area contributed by atoms with E-state index in [1.54, 1.807) is 12.1 Å². The van der Waals surface area contributed by atoms with Crippen molar-refractivity contribution in [3.05, 3.63) is 65.7 Å². The Hall–Kier alpha value is -9.38. The number of rotatable bonds is 41. The van der Waals surface area contributed by atoms with Crippen molar-refractivity contribution in [2.24, 2.45) is 82.7 Å². The molecule has 0 radical (unpaired) electrons. The maximum atomic E-state index is 14.6. The average Bonchev–Trinajstić information content (AvgIpc) is 1.66. The van der Waals surface area contributed by atoms with Gasteiger partial charge in [0.05, 0.1) is 89.4 Å². The van der Waals surface area contributed by atoms with Gasteiger partial charge in [-0.15, -0.1) is 0 Å². The van der Waals surface area contributed by atoms with Gasteiger partial charge >= 0.3 is 0 Å². The molecule has 34 nitrogen and oxygen atoms in total. The van der Waals surface area contributed by atoms with Crippen LogP contribution in [0.15, 0.2) is 54.6 Å². The monoisotopic (exact) mass is 1670 g/mol. The Morgan fingerprint density at radius 1 is 0.358 bits per heavy atom. The molecule has 3 aliphatic carbocycles. The maximum Gasteiger partial charge on any atom is 0.226 e. The quantitative estimate of drug-likeness (QED) is 0.0352. The van der Waals surface area contributed by atoms with Crippen LogP contribution in [0, 0.1) is 76.9 Å². The zero-order chi connectivity index (χ0) is 86.3. The van der Waals surface area contributed by atoms with Crippen molar-refractivity contribution >= 4 is 82.7 Å². The van der Waals surface area contributed by atoms with Crippen LogP contribution in [-0.4, -0.2) is 233 Å². The Kier molecular flexibility index (Phi) is 34.8. The number of carbonyl (C=O) groups excluding carboxylic acids is 14. The maximum absolute atomic E-state index is 14.6. The highest BCUT2D eigenvalue weighted by molar-refractivity contribution is 5.90. The number of hydrogen-bond donors (Lipinski definition) is 20. The summed E-state index contributed by atoms with van der Waals surface area (Å²) in [5, 5.41) is 65.9. The van der Waals surface area contributed by atoms with E-state index < -0.39 is 131 Å². The van der Waals surface area contributed by atoms with Gasteiger partial charge in [0.25, 0.3) is 0 Å². The van der Waals surface area contributed by atoms with Crippen molar-refractivity contribution in [3.63, 3.8) is 0 Å². The molecule has 0 bridgehead atoms. The van der Waals surface area contributed by atoms with Crippen LogP contribution in [-0.2, 0) is 80.0 Å². The van der Waals surface area contributed by atoms with E-state index in [1.165, 1.54) is 19.1 Å². The van der Waals surface area contributed by atoms with E-state index in [0.29, 0.717) is 102 Å². The molecule has 5 heterocycles. The van der Waals surface area contributed by atoms with Crippen LogP contribution in [0.2, 0.25) is 0 Å². The van der Waals surface area contributed by atoms with Crippen molar-refractivity contribution < 1.29 is 72.2 Å². The lowest BCUT2D eigenvalue weighted by Crippen LogP contribution is -2.54. The van der Waals surface area contributed by atoms with Crippen molar-refractivity contribution in [2.75, 3.05) is 78.5 Å². The molecule has 8 fully saturated rings. The zero-order valence-electron chi connectivity index (χ0n) is 70.8. The first-order valence-corrected chi connectivity index (χ1v) is 43.9. The summed E-state index contributed by atoms with van der Waals surface area (Å²) in [5.74, 6) is -10.9. The number of nitrogens with one attached hydrogen (secondary N) is 18. The van der Waals surface area contributed by atoms with Crippen LogP contribution in [0.5, 0.6) is 5.75 Å². The summed E-state index contributed by atoms with van der Waals surface area (Å²) in [7, 11) is 0. The molecule has 662 valence electrons. The topological polar surface area (TPSA) is 502 Å². The van der Waals surface area contributed by atoms with Gasteiger partial charge in [-0.1, -0.05) is 103 Å². The van der Waals surface area contributed by atoms with Crippen molar-refractivity contribution in [2.45, 2.75) is 224 Å². The minimum Gasteiger partial charge on any atom is -0.508 e. The number of primary amides is 1. The summed E-state index contributed by atoms with van der Waals surface area (Å²) < 4.78 is 0. The Bertz CT molecular complexity index is 3870. The lowest BCUT2D eigenvalue weighted by molar-refractivity contribution is -0.132. The van der Waals surface area contributed by atoms with Crippen LogP contribution in [0.3, 0.4) is 0 Å². The molecule has 14 amide bonds. The fourth-order valence-corrected chi connectivity index (χ4v) is 19.1. The van der Waals surface area contributed by atoms with Crippen LogP contribution < -0.4 is 101 Å². The second-order valence-corrected chi connectivity index (χ2v) is 36.2. The standard InChI is InChI=1S/C86H133N19O15/c1-46(2)26-52(34-93-80(114)58-16-11-20-67(58)99-74(108)31-54(27-47(3)4)96-82(116)60-18-13-19-66(60)95-49(7)106)78(112)102-70-42-91-39-64(70)85(119)105-73-45-90-38-63(73)84(118)98-56(30-50-14-9-8-10-15-50)33-75(109)100-68-21-12-17-59(68)81(115)94-35-53(29-51-22-24-57(107)25-23-51)79(113)103-71-43-92-40-65(71)86(120)104-72-44-89-37-62(72)83(117)97-55(28-48(5)6)32-76(110)101-69-41-88-36-61(69)77(87)111/h8-10,14-15,22-25,46-48,52-56,58-73,88-92,107H,11-13,16-21,26-45H2,1-7H3,(H2,87,111)(H,93,114)(H,94,115)(H,95,106)(H,96,116)(H,97,117)(H,98,118)(H,99,108)(H,100,109)(H,101,110)(H,102,112)(H,103,113)(H,104,120)(H,105,119)/t52-,53-,54-,55-,56-,58?,59?,60?,61?,62?,63?,64?,65?,66?,67?,68?,69?,70?,71?,72?,73?/m0/s1. The van der Waals surface area contributed by atoms with E-state index in [0.717, 1.165) is 12.0 Å². The number of nitrogens with two attached hydrogens (primary N) is 1. The number of hydrogen-bond acceptors (Lipinski definition) is 20. The number of phenolic OH excluding ortho intramolecular Hbond substituents is 1.